The molecule has 0 bridgehead atoms. The Labute approximate surface area is 83.1 Å². The molecule has 1 aromatic heterocycles. The van der Waals surface area contributed by atoms with E-state index in [4.69, 9.17) is 4.74 Å². The topological polar surface area (TPSA) is 39.2 Å². The summed E-state index contributed by atoms with van der Waals surface area (Å²) in [4.78, 5) is 15.6. The van der Waals surface area contributed by atoms with Gasteiger partial charge in [0.15, 0.2) is 5.78 Å². The van der Waals surface area contributed by atoms with Gasteiger partial charge in [0, 0.05) is 12.6 Å². The first-order valence-corrected chi connectivity index (χ1v) is 4.84. The van der Waals surface area contributed by atoms with Crippen LogP contribution in [-0.2, 0) is 0 Å². The number of hydrogen-bond acceptors (Lipinski definition) is 3. The molecule has 0 radical (unpaired) electrons. The first-order chi connectivity index (χ1) is 6.68. The number of carbonyl (C=O) groups is 1. The summed E-state index contributed by atoms with van der Waals surface area (Å²) < 4.78 is 5.40. The van der Waals surface area contributed by atoms with E-state index in [1.165, 1.54) is 0 Å². The molecule has 3 nitrogen and oxygen atoms in total. The smallest absolute Gasteiger partial charge is 0.188 e. The Morgan fingerprint density at radius 3 is 3.00 bits per heavy atom. The van der Waals surface area contributed by atoms with Gasteiger partial charge in [0.25, 0.3) is 0 Å². The van der Waals surface area contributed by atoms with Crippen molar-refractivity contribution in [1.82, 2.24) is 4.98 Å². The maximum atomic E-state index is 11.4. The lowest BCUT2D eigenvalue weighted by atomic mass is 10.0. The van der Waals surface area contributed by atoms with Crippen LogP contribution in [0.25, 0.3) is 0 Å². The van der Waals surface area contributed by atoms with E-state index in [1.54, 1.807) is 6.20 Å². The molecule has 0 aromatic carbocycles. The maximum absolute atomic E-state index is 11.4. The van der Waals surface area contributed by atoms with Crippen LogP contribution in [-0.4, -0.2) is 17.4 Å². The molecule has 0 N–H and O–H groups in total. The standard InChI is InChI=1S/C11H13NO2/c1-7(2)8-5-10-11(12-6-8)9(13)3-4-14-10/h5-7H,3-4H2,1-2H3. The van der Waals surface area contributed by atoms with Crippen LogP contribution in [0.3, 0.4) is 0 Å². The fourth-order valence-electron chi connectivity index (χ4n) is 1.47. The fourth-order valence-corrected chi connectivity index (χ4v) is 1.47. The molecule has 1 aliphatic heterocycles. The number of fused-ring (bicyclic) bond motifs is 1. The van der Waals surface area contributed by atoms with Crippen LogP contribution in [0.2, 0.25) is 0 Å². The molecule has 3 heteroatoms. The third kappa shape index (κ3) is 1.50. The minimum atomic E-state index is 0.0848. The van der Waals surface area contributed by atoms with E-state index >= 15 is 0 Å². The second-order valence-electron chi connectivity index (χ2n) is 3.79. The molecule has 0 amide bonds. The zero-order chi connectivity index (χ0) is 10.1. The van der Waals surface area contributed by atoms with Crippen molar-refractivity contribution in [3.05, 3.63) is 23.5 Å². The molecular weight excluding hydrogens is 178 g/mol. The minimum Gasteiger partial charge on any atom is -0.491 e. The molecule has 0 saturated carbocycles. The zero-order valence-electron chi connectivity index (χ0n) is 8.41. The first kappa shape index (κ1) is 9.19. The van der Waals surface area contributed by atoms with Gasteiger partial charge < -0.3 is 4.74 Å². The molecule has 14 heavy (non-hydrogen) atoms. The number of carbonyl (C=O) groups excluding carboxylic acids is 1. The lowest BCUT2D eigenvalue weighted by Crippen LogP contribution is -2.17. The minimum absolute atomic E-state index is 0.0848. The summed E-state index contributed by atoms with van der Waals surface area (Å²) in [6.07, 6.45) is 2.21. The maximum Gasteiger partial charge on any atom is 0.188 e. The summed E-state index contributed by atoms with van der Waals surface area (Å²) in [6, 6.07) is 1.92. The van der Waals surface area contributed by atoms with Gasteiger partial charge >= 0.3 is 0 Å². The van der Waals surface area contributed by atoms with E-state index in [2.05, 4.69) is 18.8 Å². The van der Waals surface area contributed by atoms with Crippen molar-refractivity contribution >= 4 is 5.78 Å². The quantitative estimate of drug-likeness (QED) is 0.682. The normalized spacial score (nSPS) is 15.2. The summed E-state index contributed by atoms with van der Waals surface area (Å²) in [5.74, 6) is 1.14. The van der Waals surface area contributed by atoms with Crippen LogP contribution in [0.15, 0.2) is 12.3 Å². The fraction of sp³-hybridized carbons (Fsp3) is 0.455. The summed E-state index contributed by atoms with van der Waals surface area (Å²) in [5.41, 5.74) is 1.60. The highest BCUT2D eigenvalue weighted by Crippen LogP contribution is 2.26. The second kappa shape index (κ2) is 3.40. The Morgan fingerprint density at radius 1 is 1.50 bits per heavy atom. The zero-order valence-corrected chi connectivity index (χ0v) is 8.41. The Balaban J connectivity index is 2.44. The van der Waals surface area contributed by atoms with Gasteiger partial charge in [-0.05, 0) is 17.5 Å². The molecule has 0 saturated heterocycles. The van der Waals surface area contributed by atoms with Gasteiger partial charge in [-0.1, -0.05) is 13.8 Å². The number of nitrogens with zero attached hydrogens (tertiary/aromatic N) is 1. The summed E-state index contributed by atoms with van der Waals surface area (Å²) >= 11 is 0. The van der Waals surface area contributed by atoms with Gasteiger partial charge in [0.1, 0.15) is 11.4 Å². The molecule has 0 aliphatic carbocycles. The number of Topliss-reactive ketones (excluding diaryl/α,β-unsaturated/α-hetero) is 1. The van der Waals surface area contributed by atoms with Crippen LogP contribution >= 0.6 is 0 Å². The van der Waals surface area contributed by atoms with Crippen LogP contribution < -0.4 is 4.74 Å². The lowest BCUT2D eigenvalue weighted by molar-refractivity contribution is 0.0926. The van der Waals surface area contributed by atoms with Crippen LogP contribution in [0, 0.1) is 0 Å². The van der Waals surface area contributed by atoms with E-state index in [0.717, 1.165) is 5.56 Å². The van der Waals surface area contributed by atoms with Gasteiger partial charge in [-0.25, -0.2) is 4.98 Å². The monoisotopic (exact) mass is 191 g/mol. The molecule has 1 aromatic rings. The van der Waals surface area contributed by atoms with Crippen molar-refractivity contribution in [2.24, 2.45) is 0 Å². The van der Waals surface area contributed by atoms with Crippen molar-refractivity contribution in [3.63, 3.8) is 0 Å². The third-order valence-electron chi connectivity index (χ3n) is 2.39. The van der Waals surface area contributed by atoms with Crippen molar-refractivity contribution in [2.75, 3.05) is 6.61 Å². The highest BCUT2D eigenvalue weighted by Gasteiger charge is 2.20. The molecule has 1 aliphatic rings. The van der Waals surface area contributed by atoms with Crippen molar-refractivity contribution in [1.29, 1.82) is 0 Å². The summed E-state index contributed by atoms with van der Waals surface area (Å²) in [7, 11) is 0. The van der Waals surface area contributed by atoms with Crippen molar-refractivity contribution in [3.8, 4) is 5.75 Å². The predicted octanol–water partition coefficient (Wildman–Crippen LogP) is 2.17. The number of ketones is 1. The number of pyridine rings is 1. The number of hydrogen-bond donors (Lipinski definition) is 0. The van der Waals surface area contributed by atoms with E-state index < -0.39 is 0 Å². The number of rotatable bonds is 1. The number of aromatic nitrogens is 1. The molecular formula is C11H13NO2. The highest BCUT2D eigenvalue weighted by molar-refractivity contribution is 5.97. The van der Waals surface area contributed by atoms with Gasteiger partial charge in [0.05, 0.1) is 6.61 Å². The van der Waals surface area contributed by atoms with Gasteiger partial charge in [-0.2, -0.15) is 0 Å². The molecule has 74 valence electrons. The molecule has 2 rings (SSSR count). The average molecular weight is 191 g/mol. The van der Waals surface area contributed by atoms with Gasteiger partial charge in [-0.15, -0.1) is 0 Å². The highest BCUT2D eigenvalue weighted by atomic mass is 16.5. The van der Waals surface area contributed by atoms with E-state index in [9.17, 15) is 4.79 Å². The molecule has 0 fully saturated rings. The van der Waals surface area contributed by atoms with Gasteiger partial charge in [0.2, 0.25) is 0 Å². The van der Waals surface area contributed by atoms with Crippen LogP contribution in [0.5, 0.6) is 5.75 Å². The van der Waals surface area contributed by atoms with Crippen LogP contribution in [0.1, 0.15) is 42.2 Å². The first-order valence-electron chi connectivity index (χ1n) is 4.84. The summed E-state index contributed by atoms with van der Waals surface area (Å²) in [5, 5.41) is 0. The lowest BCUT2D eigenvalue weighted by Gasteiger charge is -2.16. The van der Waals surface area contributed by atoms with Crippen molar-refractivity contribution < 1.29 is 9.53 Å². The summed E-state index contributed by atoms with van der Waals surface area (Å²) in [6.45, 7) is 4.66. The predicted molar refractivity (Wildman–Crippen MR) is 52.8 cm³/mol. The number of ether oxygens (including phenoxy) is 1. The van der Waals surface area contributed by atoms with E-state index in [0.29, 0.717) is 30.4 Å². The molecule has 0 unspecified atom stereocenters. The Morgan fingerprint density at radius 2 is 2.29 bits per heavy atom. The molecule has 0 atom stereocenters. The Hall–Kier alpha value is -1.38. The average Bonchev–Trinajstić information content (AvgIpc) is 2.17. The van der Waals surface area contributed by atoms with E-state index in [1.807, 2.05) is 6.07 Å². The Kier molecular flexibility index (Phi) is 2.23. The second-order valence-corrected chi connectivity index (χ2v) is 3.79. The van der Waals surface area contributed by atoms with E-state index in [-0.39, 0.29) is 5.78 Å². The Bertz CT molecular complexity index is 372. The SMILES string of the molecule is CC(C)c1cnc2c(c1)OCCC2=O. The third-order valence-corrected chi connectivity index (χ3v) is 2.39. The van der Waals surface area contributed by atoms with Gasteiger partial charge in [-0.3, -0.25) is 4.79 Å². The largest absolute Gasteiger partial charge is 0.491 e. The van der Waals surface area contributed by atoms with Crippen LogP contribution in [0.4, 0.5) is 0 Å². The van der Waals surface area contributed by atoms with Crippen molar-refractivity contribution in [2.45, 2.75) is 26.2 Å². The molecule has 0 spiro atoms. The molecule has 2 heterocycles.